The first-order valence-corrected chi connectivity index (χ1v) is 7.84. The number of benzene rings is 1. The van der Waals surface area contributed by atoms with Gasteiger partial charge >= 0.3 is 18.3 Å². The first-order chi connectivity index (χ1) is 12.4. The molecule has 6 nitrogen and oxygen atoms in total. The minimum absolute atomic E-state index is 0.178. The molecule has 0 aliphatic carbocycles. The minimum atomic E-state index is -4.92. The second-order valence-corrected chi connectivity index (χ2v) is 6.33. The van der Waals surface area contributed by atoms with Gasteiger partial charge in [0, 0.05) is 5.56 Å². The Hall–Kier alpha value is -2.57. The van der Waals surface area contributed by atoms with Crippen molar-refractivity contribution in [2.45, 2.75) is 24.0 Å². The molecular formula is C14H9F6N3O3S. The average Bonchev–Trinajstić information content (AvgIpc) is 2.84. The van der Waals surface area contributed by atoms with E-state index in [1.807, 2.05) is 0 Å². The highest BCUT2D eigenvalue weighted by atomic mass is 32.2. The molecule has 1 atom stereocenters. The number of carbonyl (C=O) groups excluding carboxylic acids is 1. The highest BCUT2D eigenvalue weighted by Crippen LogP contribution is 2.36. The molecule has 1 aliphatic rings. The molecule has 1 saturated heterocycles. The third-order valence-corrected chi connectivity index (χ3v) is 4.24. The molecule has 2 rings (SSSR count). The summed E-state index contributed by atoms with van der Waals surface area (Å²) in [6.45, 7) is 0. The maximum atomic E-state index is 12.9. The molecule has 146 valence electrons. The number of nitrogens with zero attached hydrogens (tertiary/aromatic N) is 2. The van der Waals surface area contributed by atoms with Crippen LogP contribution in [0.15, 0.2) is 28.4 Å². The summed E-state index contributed by atoms with van der Waals surface area (Å²) in [5.41, 5.74) is -3.50. The highest BCUT2D eigenvalue weighted by Gasteiger charge is 2.37. The van der Waals surface area contributed by atoms with E-state index in [2.05, 4.69) is 15.5 Å². The predicted octanol–water partition coefficient (Wildman–Crippen LogP) is 3.12. The molecule has 0 aromatic heterocycles. The van der Waals surface area contributed by atoms with Crippen LogP contribution in [0.4, 0.5) is 26.3 Å². The lowest BCUT2D eigenvalue weighted by molar-refractivity contribution is -0.141. The fourth-order valence-electron chi connectivity index (χ4n) is 1.99. The number of carboxylic acid groups (broad SMARTS) is 1. The van der Waals surface area contributed by atoms with Gasteiger partial charge in [-0.05, 0) is 18.2 Å². The monoisotopic (exact) mass is 413 g/mol. The topological polar surface area (TPSA) is 91.1 Å². The lowest BCUT2D eigenvalue weighted by Crippen LogP contribution is -2.26. The number of halogens is 6. The van der Waals surface area contributed by atoms with Crippen LogP contribution in [-0.4, -0.2) is 33.6 Å². The fourth-order valence-corrected chi connectivity index (χ4v) is 2.91. The van der Waals surface area contributed by atoms with Crippen molar-refractivity contribution in [3.05, 3.63) is 34.9 Å². The van der Waals surface area contributed by atoms with E-state index < -0.39 is 52.6 Å². The number of carbonyl (C=O) groups is 2. The number of hydrogen-bond acceptors (Lipinski definition) is 5. The van der Waals surface area contributed by atoms with Gasteiger partial charge in [0.25, 0.3) is 0 Å². The highest BCUT2D eigenvalue weighted by molar-refractivity contribution is 8.15. The molecule has 1 aromatic carbocycles. The van der Waals surface area contributed by atoms with Crippen molar-refractivity contribution < 1.29 is 41.0 Å². The third kappa shape index (κ3) is 5.45. The molecule has 0 radical (unpaired) electrons. The number of hydrogen-bond donors (Lipinski definition) is 2. The first kappa shape index (κ1) is 20.7. The summed E-state index contributed by atoms with van der Waals surface area (Å²) in [5, 5.41) is 16.3. The maximum Gasteiger partial charge on any atom is 0.417 e. The number of alkyl halides is 6. The molecule has 13 heteroatoms. The molecule has 0 saturated carbocycles. The SMILES string of the molecule is O=C(O)CC1SC(=NN=Cc2cc(C(F)(F)F)ccc2C(F)(F)F)NC1=O. The standard InChI is InChI=1S/C14H9F6N3O3S/c15-13(16,17)7-1-2-8(14(18,19)20)6(3-7)5-21-23-12-22-11(26)9(27-12)4-10(24)25/h1-3,5,9H,4H2,(H,24,25)(H,22,23,26). The van der Waals surface area contributed by atoms with Crippen LogP contribution in [0.2, 0.25) is 0 Å². The summed E-state index contributed by atoms with van der Waals surface area (Å²) >= 11 is 0.692. The van der Waals surface area contributed by atoms with Crippen molar-refractivity contribution in [1.82, 2.24) is 5.32 Å². The molecule has 1 aliphatic heterocycles. The van der Waals surface area contributed by atoms with Gasteiger partial charge in [-0.15, -0.1) is 5.10 Å². The molecule has 1 amide bonds. The van der Waals surface area contributed by atoms with Crippen LogP contribution >= 0.6 is 11.8 Å². The summed E-state index contributed by atoms with van der Waals surface area (Å²) in [6, 6.07) is 0.863. The summed E-state index contributed by atoms with van der Waals surface area (Å²) in [5.74, 6) is -1.92. The van der Waals surface area contributed by atoms with E-state index in [4.69, 9.17) is 5.11 Å². The molecule has 1 fully saturated rings. The van der Waals surface area contributed by atoms with Gasteiger partial charge in [-0.25, -0.2) is 0 Å². The summed E-state index contributed by atoms with van der Waals surface area (Å²) in [4.78, 5) is 22.1. The van der Waals surface area contributed by atoms with Gasteiger partial charge < -0.3 is 10.4 Å². The molecule has 1 aromatic rings. The first-order valence-electron chi connectivity index (χ1n) is 6.96. The van der Waals surface area contributed by atoms with Crippen LogP contribution in [0.1, 0.15) is 23.1 Å². The van der Waals surface area contributed by atoms with Gasteiger partial charge in [0.1, 0.15) is 5.25 Å². The smallest absolute Gasteiger partial charge is 0.417 e. The van der Waals surface area contributed by atoms with E-state index in [0.717, 1.165) is 0 Å². The quantitative estimate of drug-likeness (QED) is 0.451. The van der Waals surface area contributed by atoms with Crippen molar-refractivity contribution in [2.24, 2.45) is 10.2 Å². The second-order valence-electron chi connectivity index (χ2n) is 5.14. The van der Waals surface area contributed by atoms with E-state index in [9.17, 15) is 35.9 Å². The Labute approximate surface area is 151 Å². The molecule has 2 N–H and O–H groups in total. The molecule has 0 bridgehead atoms. The molecule has 0 spiro atoms. The Bertz CT molecular complexity index is 819. The van der Waals surface area contributed by atoms with Crippen molar-refractivity contribution >= 4 is 35.0 Å². The van der Waals surface area contributed by atoms with Gasteiger partial charge in [0.05, 0.1) is 23.8 Å². The van der Waals surface area contributed by atoms with E-state index >= 15 is 0 Å². The third-order valence-electron chi connectivity index (χ3n) is 3.17. The second kappa shape index (κ2) is 7.58. The van der Waals surface area contributed by atoms with Crippen LogP contribution in [0.5, 0.6) is 0 Å². The number of aliphatic carboxylic acids is 1. The van der Waals surface area contributed by atoms with Gasteiger partial charge in [0.2, 0.25) is 5.91 Å². The molecule has 1 heterocycles. The number of thioether (sulfide) groups is 1. The Morgan fingerprint density at radius 1 is 1.22 bits per heavy atom. The Balaban J connectivity index is 2.27. The number of nitrogens with one attached hydrogen (secondary N) is 1. The zero-order valence-electron chi connectivity index (χ0n) is 12.9. The number of amidine groups is 1. The van der Waals surface area contributed by atoms with Gasteiger partial charge in [0.15, 0.2) is 5.17 Å². The van der Waals surface area contributed by atoms with Crippen LogP contribution in [0, 0.1) is 0 Å². The normalized spacial score (nSPS) is 19.7. The van der Waals surface area contributed by atoms with Crippen molar-refractivity contribution in [2.75, 3.05) is 0 Å². The number of amides is 1. The Morgan fingerprint density at radius 2 is 1.89 bits per heavy atom. The van der Waals surface area contributed by atoms with Crippen molar-refractivity contribution in [3.8, 4) is 0 Å². The van der Waals surface area contributed by atoms with Gasteiger partial charge in [-0.3, -0.25) is 9.59 Å². The number of carboxylic acids is 1. The molecular weight excluding hydrogens is 404 g/mol. The largest absolute Gasteiger partial charge is 0.481 e. The number of rotatable bonds is 4. The van der Waals surface area contributed by atoms with Crippen molar-refractivity contribution in [1.29, 1.82) is 0 Å². The Morgan fingerprint density at radius 3 is 2.44 bits per heavy atom. The fraction of sp³-hybridized carbons (Fsp3) is 0.286. The van der Waals surface area contributed by atoms with Gasteiger partial charge in [-0.1, -0.05) is 11.8 Å². The van der Waals surface area contributed by atoms with Gasteiger partial charge in [-0.2, -0.15) is 31.4 Å². The lowest BCUT2D eigenvalue weighted by atomic mass is 10.0. The average molecular weight is 413 g/mol. The van der Waals surface area contributed by atoms with Crippen LogP contribution in [-0.2, 0) is 21.9 Å². The summed E-state index contributed by atoms with van der Waals surface area (Å²) in [7, 11) is 0. The van der Waals surface area contributed by atoms with Crippen LogP contribution in [0.25, 0.3) is 0 Å². The lowest BCUT2D eigenvalue weighted by Gasteiger charge is -2.13. The molecule has 27 heavy (non-hydrogen) atoms. The van der Waals surface area contributed by atoms with Crippen molar-refractivity contribution in [3.63, 3.8) is 0 Å². The summed E-state index contributed by atoms with van der Waals surface area (Å²) < 4.78 is 76.9. The summed E-state index contributed by atoms with van der Waals surface area (Å²) in [6.07, 6.45) is -9.80. The molecule has 1 unspecified atom stereocenters. The zero-order valence-corrected chi connectivity index (χ0v) is 13.7. The van der Waals surface area contributed by atoms with E-state index in [1.54, 1.807) is 0 Å². The Kier molecular flexibility index (Phi) is 5.82. The maximum absolute atomic E-state index is 12.9. The predicted molar refractivity (Wildman–Crippen MR) is 83.2 cm³/mol. The van der Waals surface area contributed by atoms with E-state index in [-0.39, 0.29) is 17.3 Å². The van der Waals surface area contributed by atoms with E-state index in [1.165, 1.54) is 0 Å². The van der Waals surface area contributed by atoms with Crippen LogP contribution in [0.3, 0.4) is 0 Å². The zero-order chi connectivity index (χ0) is 20.4. The van der Waals surface area contributed by atoms with E-state index in [0.29, 0.717) is 24.0 Å². The minimum Gasteiger partial charge on any atom is -0.481 e. The van der Waals surface area contributed by atoms with Crippen LogP contribution < -0.4 is 5.32 Å².